The van der Waals surface area contributed by atoms with Gasteiger partial charge in [-0.2, -0.15) is 0 Å². The zero-order valence-corrected chi connectivity index (χ0v) is 13.4. The third-order valence-corrected chi connectivity index (χ3v) is 3.41. The van der Waals surface area contributed by atoms with Crippen LogP contribution >= 0.6 is 0 Å². The van der Waals surface area contributed by atoms with Crippen LogP contribution < -0.4 is 5.32 Å². The maximum Gasteiger partial charge on any atom is 0.317 e. The first-order valence-corrected chi connectivity index (χ1v) is 7.45. The summed E-state index contributed by atoms with van der Waals surface area (Å²) in [6.45, 7) is 8.94. The number of urea groups is 1. The van der Waals surface area contributed by atoms with E-state index in [1.54, 1.807) is 9.80 Å². The Kier molecular flexibility index (Phi) is 4.95. The van der Waals surface area contributed by atoms with Crippen LogP contribution in [0.15, 0.2) is 18.6 Å². The van der Waals surface area contributed by atoms with Crippen molar-refractivity contribution in [2.75, 3.05) is 32.7 Å². The van der Waals surface area contributed by atoms with Crippen LogP contribution in [0.25, 0.3) is 0 Å². The van der Waals surface area contributed by atoms with Crippen molar-refractivity contribution in [3.63, 3.8) is 0 Å². The van der Waals surface area contributed by atoms with Gasteiger partial charge in [0, 0.05) is 45.1 Å². The van der Waals surface area contributed by atoms with Gasteiger partial charge in [-0.15, -0.1) is 0 Å². The Morgan fingerprint density at radius 2 is 1.77 bits per heavy atom. The second-order valence-electron chi connectivity index (χ2n) is 6.59. The van der Waals surface area contributed by atoms with Crippen molar-refractivity contribution in [1.82, 2.24) is 25.1 Å². The van der Waals surface area contributed by atoms with E-state index in [0.29, 0.717) is 38.4 Å². The maximum absolute atomic E-state index is 12.2. The number of carbonyl (C=O) groups is 2. The molecule has 1 fully saturated rings. The number of hydrogen-bond donors (Lipinski definition) is 1. The average molecular weight is 305 g/mol. The quantitative estimate of drug-likeness (QED) is 0.884. The van der Waals surface area contributed by atoms with Gasteiger partial charge in [-0.3, -0.25) is 9.78 Å². The summed E-state index contributed by atoms with van der Waals surface area (Å²) in [4.78, 5) is 35.7. The molecule has 0 atom stereocenters. The predicted octanol–water partition coefficient (Wildman–Crippen LogP) is 0.990. The van der Waals surface area contributed by atoms with E-state index in [0.717, 1.165) is 0 Å². The molecule has 120 valence electrons. The number of hydrogen-bond acceptors (Lipinski definition) is 4. The fraction of sp³-hybridized carbons (Fsp3) is 0.600. The standard InChI is InChI=1S/C15H23N5O2/c1-15(2,3)11-18-14(22)20-8-6-19(7-9-20)13(21)12-10-16-4-5-17-12/h4-5,10H,6-9,11H2,1-3H3,(H,18,22). The minimum atomic E-state index is -0.136. The highest BCUT2D eigenvalue weighted by molar-refractivity contribution is 5.92. The molecule has 1 aromatic heterocycles. The highest BCUT2D eigenvalue weighted by Crippen LogP contribution is 2.11. The zero-order valence-electron chi connectivity index (χ0n) is 13.4. The lowest BCUT2D eigenvalue weighted by molar-refractivity contribution is 0.0658. The molecule has 0 radical (unpaired) electrons. The fourth-order valence-corrected chi connectivity index (χ4v) is 2.14. The van der Waals surface area contributed by atoms with Crippen LogP contribution in [0.2, 0.25) is 0 Å². The van der Waals surface area contributed by atoms with Crippen molar-refractivity contribution in [2.45, 2.75) is 20.8 Å². The monoisotopic (exact) mass is 305 g/mol. The van der Waals surface area contributed by atoms with Gasteiger partial charge >= 0.3 is 6.03 Å². The molecule has 1 saturated heterocycles. The molecule has 22 heavy (non-hydrogen) atoms. The molecular formula is C15H23N5O2. The first-order chi connectivity index (χ1) is 10.4. The number of aromatic nitrogens is 2. The molecule has 0 saturated carbocycles. The Hall–Kier alpha value is -2.18. The number of rotatable bonds is 2. The fourth-order valence-electron chi connectivity index (χ4n) is 2.14. The van der Waals surface area contributed by atoms with Crippen LogP contribution in [0, 0.1) is 5.41 Å². The molecule has 0 spiro atoms. The van der Waals surface area contributed by atoms with E-state index in [2.05, 4.69) is 36.1 Å². The van der Waals surface area contributed by atoms with Crippen LogP contribution in [0.3, 0.4) is 0 Å². The Balaban J connectivity index is 1.83. The van der Waals surface area contributed by atoms with E-state index in [-0.39, 0.29) is 17.4 Å². The molecule has 1 aliphatic heterocycles. The summed E-state index contributed by atoms with van der Waals surface area (Å²) in [7, 11) is 0. The highest BCUT2D eigenvalue weighted by Gasteiger charge is 2.26. The number of piperazine rings is 1. The summed E-state index contributed by atoms with van der Waals surface area (Å²) in [5, 5.41) is 2.93. The smallest absolute Gasteiger partial charge is 0.317 e. The van der Waals surface area contributed by atoms with Crippen LogP contribution in [0.1, 0.15) is 31.3 Å². The predicted molar refractivity (Wildman–Crippen MR) is 82.4 cm³/mol. The van der Waals surface area contributed by atoms with Gasteiger partial charge in [-0.1, -0.05) is 20.8 Å². The van der Waals surface area contributed by atoms with E-state index in [1.165, 1.54) is 18.6 Å². The number of carbonyl (C=O) groups excluding carboxylic acids is 2. The van der Waals surface area contributed by atoms with E-state index in [4.69, 9.17) is 0 Å². The molecule has 0 aliphatic carbocycles. The number of nitrogens with zero attached hydrogens (tertiary/aromatic N) is 4. The van der Waals surface area contributed by atoms with Crippen LogP contribution in [0.5, 0.6) is 0 Å². The third kappa shape index (κ3) is 4.41. The molecule has 3 amide bonds. The summed E-state index contributed by atoms with van der Waals surface area (Å²) in [6, 6.07) is -0.0680. The van der Waals surface area contributed by atoms with Crippen molar-refractivity contribution in [3.8, 4) is 0 Å². The minimum Gasteiger partial charge on any atom is -0.337 e. The van der Waals surface area contributed by atoms with E-state index in [1.807, 2.05) is 0 Å². The number of amides is 3. The van der Waals surface area contributed by atoms with Gasteiger partial charge in [0.1, 0.15) is 5.69 Å². The van der Waals surface area contributed by atoms with Crippen molar-refractivity contribution in [2.24, 2.45) is 5.41 Å². The normalized spacial score (nSPS) is 15.6. The van der Waals surface area contributed by atoms with Gasteiger partial charge in [0.25, 0.3) is 5.91 Å². The molecule has 1 aliphatic rings. The van der Waals surface area contributed by atoms with E-state index >= 15 is 0 Å². The van der Waals surface area contributed by atoms with Crippen molar-refractivity contribution >= 4 is 11.9 Å². The third-order valence-electron chi connectivity index (χ3n) is 3.41. The van der Waals surface area contributed by atoms with Crippen molar-refractivity contribution in [3.05, 3.63) is 24.3 Å². The molecular weight excluding hydrogens is 282 g/mol. The van der Waals surface area contributed by atoms with E-state index < -0.39 is 0 Å². The summed E-state index contributed by atoms with van der Waals surface area (Å²) < 4.78 is 0. The van der Waals surface area contributed by atoms with Gasteiger partial charge in [0.15, 0.2) is 0 Å². The minimum absolute atomic E-state index is 0.0550. The Morgan fingerprint density at radius 3 is 2.32 bits per heavy atom. The molecule has 7 heteroatoms. The molecule has 7 nitrogen and oxygen atoms in total. The Bertz CT molecular complexity index is 518. The Morgan fingerprint density at radius 1 is 1.14 bits per heavy atom. The molecule has 0 bridgehead atoms. The molecule has 1 N–H and O–H groups in total. The average Bonchev–Trinajstić information content (AvgIpc) is 2.52. The van der Waals surface area contributed by atoms with Gasteiger partial charge in [0.2, 0.25) is 0 Å². The topological polar surface area (TPSA) is 78.4 Å². The lowest BCUT2D eigenvalue weighted by Gasteiger charge is -2.35. The largest absolute Gasteiger partial charge is 0.337 e. The van der Waals surface area contributed by atoms with Crippen LogP contribution in [0.4, 0.5) is 4.79 Å². The van der Waals surface area contributed by atoms with Gasteiger partial charge in [-0.25, -0.2) is 9.78 Å². The molecule has 2 heterocycles. The van der Waals surface area contributed by atoms with Gasteiger partial charge in [0.05, 0.1) is 6.20 Å². The zero-order chi connectivity index (χ0) is 16.2. The SMILES string of the molecule is CC(C)(C)CNC(=O)N1CCN(C(=O)c2cnccn2)CC1. The summed E-state index contributed by atoms with van der Waals surface area (Å²) in [5.74, 6) is -0.136. The molecule has 2 rings (SSSR count). The number of nitrogens with one attached hydrogen (secondary N) is 1. The van der Waals surface area contributed by atoms with Crippen LogP contribution in [-0.4, -0.2) is 64.4 Å². The lowest BCUT2D eigenvalue weighted by atomic mass is 9.97. The Labute approximate surface area is 130 Å². The summed E-state index contributed by atoms with van der Waals surface area (Å²) in [6.07, 6.45) is 4.50. The first-order valence-electron chi connectivity index (χ1n) is 7.45. The highest BCUT2D eigenvalue weighted by atomic mass is 16.2. The first kappa shape index (κ1) is 16.2. The van der Waals surface area contributed by atoms with Gasteiger partial charge in [-0.05, 0) is 5.41 Å². The molecule has 0 aromatic carbocycles. The second-order valence-corrected chi connectivity index (χ2v) is 6.59. The van der Waals surface area contributed by atoms with Crippen molar-refractivity contribution in [1.29, 1.82) is 0 Å². The summed E-state index contributed by atoms with van der Waals surface area (Å²) >= 11 is 0. The van der Waals surface area contributed by atoms with Crippen molar-refractivity contribution < 1.29 is 9.59 Å². The van der Waals surface area contributed by atoms with Crippen LogP contribution in [-0.2, 0) is 0 Å². The molecule has 0 unspecified atom stereocenters. The molecule has 1 aromatic rings. The van der Waals surface area contributed by atoms with E-state index in [9.17, 15) is 9.59 Å². The van der Waals surface area contributed by atoms with Gasteiger partial charge < -0.3 is 15.1 Å². The lowest BCUT2D eigenvalue weighted by Crippen LogP contribution is -2.54. The maximum atomic E-state index is 12.2. The summed E-state index contributed by atoms with van der Waals surface area (Å²) in [5.41, 5.74) is 0.396. The second kappa shape index (κ2) is 6.72.